The van der Waals surface area contributed by atoms with Crippen LogP contribution in [0.4, 0.5) is 11.6 Å². The van der Waals surface area contributed by atoms with E-state index in [0.717, 1.165) is 50.4 Å². The minimum atomic E-state index is 0.484. The lowest BCUT2D eigenvalue weighted by atomic mass is 9.96. The Morgan fingerprint density at radius 1 is 0.960 bits per heavy atom. The molecule has 0 radical (unpaired) electrons. The second kappa shape index (κ2) is 5.93. The summed E-state index contributed by atoms with van der Waals surface area (Å²) in [6.45, 7) is 1.98. The van der Waals surface area contributed by atoms with E-state index in [1.165, 1.54) is 41.8 Å². The molecule has 0 N–H and O–H groups in total. The third-order valence-electron chi connectivity index (χ3n) is 5.98. The second-order valence-corrected chi connectivity index (χ2v) is 7.53. The zero-order valence-corrected chi connectivity index (χ0v) is 14.8. The summed E-state index contributed by atoms with van der Waals surface area (Å²) in [5, 5.41) is 8.94. The molecule has 1 fully saturated rings. The van der Waals surface area contributed by atoms with Gasteiger partial charge in [-0.3, -0.25) is 0 Å². The molecular formula is C19H24N6. The Bertz CT molecular complexity index is 798. The van der Waals surface area contributed by atoms with E-state index in [-0.39, 0.29) is 0 Å². The molecule has 0 aromatic carbocycles. The van der Waals surface area contributed by atoms with E-state index in [9.17, 15) is 0 Å². The number of hydrogen-bond donors (Lipinski definition) is 0. The molecule has 130 valence electrons. The zero-order valence-electron chi connectivity index (χ0n) is 14.8. The molecule has 1 aliphatic heterocycles. The van der Waals surface area contributed by atoms with Crippen LogP contribution in [-0.2, 0) is 25.7 Å². The topological polar surface area (TPSA) is 58.0 Å². The van der Waals surface area contributed by atoms with Crippen LogP contribution < -0.4 is 9.80 Å². The van der Waals surface area contributed by atoms with Crippen molar-refractivity contribution in [2.45, 2.75) is 51.0 Å². The van der Waals surface area contributed by atoms with Crippen molar-refractivity contribution in [3.63, 3.8) is 0 Å². The molecule has 0 spiro atoms. The Hall–Kier alpha value is -2.24. The lowest BCUT2D eigenvalue weighted by Crippen LogP contribution is -2.59. The van der Waals surface area contributed by atoms with Gasteiger partial charge in [0.15, 0.2) is 5.82 Å². The molecule has 0 amide bonds. The first-order valence-corrected chi connectivity index (χ1v) is 9.45. The summed E-state index contributed by atoms with van der Waals surface area (Å²) in [5.41, 5.74) is 5.22. The van der Waals surface area contributed by atoms with E-state index in [1.807, 2.05) is 0 Å². The molecule has 5 rings (SSSR count). The molecule has 2 aromatic heterocycles. The smallest absolute Gasteiger partial charge is 0.151 e. The summed E-state index contributed by atoms with van der Waals surface area (Å²) in [5.74, 6) is 2.17. The van der Waals surface area contributed by atoms with Gasteiger partial charge in [0.2, 0.25) is 0 Å². The van der Waals surface area contributed by atoms with Crippen molar-refractivity contribution >= 4 is 11.6 Å². The van der Waals surface area contributed by atoms with Crippen LogP contribution in [0.2, 0.25) is 0 Å². The highest BCUT2D eigenvalue weighted by molar-refractivity contribution is 5.54. The largest absolute Gasteiger partial charge is 0.353 e. The molecular weight excluding hydrogens is 312 g/mol. The van der Waals surface area contributed by atoms with Crippen LogP contribution in [0.15, 0.2) is 12.4 Å². The molecule has 1 saturated heterocycles. The van der Waals surface area contributed by atoms with Crippen LogP contribution in [0.1, 0.15) is 41.8 Å². The highest BCUT2D eigenvalue weighted by Crippen LogP contribution is 2.31. The first-order chi connectivity index (χ1) is 12.3. The molecule has 0 atom stereocenters. The van der Waals surface area contributed by atoms with Crippen LogP contribution in [0.3, 0.4) is 0 Å². The quantitative estimate of drug-likeness (QED) is 0.854. The molecule has 0 unspecified atom stereocenters. The van der Waals surface area contributed by atoms with Crippen LogP contribution in [0.25, 0.3) is 0 Å². The van der Waals surface area contributed by atoms with Gasteiger partial charge in [-0.15, -0.1) is 5.10 Å². The third-order valence-corrected chi connectivity index (χ3v) is 5.98. The van der Waals surface area contributed by atoms with Crippen molar-refractivity contribution in [2.24, 2.45) is 0 Å². The fourth-order valence-electron chi connectivity index (χ4n) is 4.34. The van der Waals surface area contributed by atoms with Crippen molar-refractivity contribution in [3.8, 4) is 0 Å². The highest BCUT2D eigenvalue weighted by atomic mass is 15.4. The van der Waals surface area contributed by atoms with E-state index in [2.05, 4.69) is 43.1 Å². The Morgan fingerprint density at radius 2 is 1.80 bits per heavy atom. The number of aryl methyl sites for hydroxylation is 3. The average Bonchev–Trinajstić information content (AvgIpc) is 3.09. The summed E-state index contributed by atoms with van der Waals surface area (Å²) in [6, 6.07) is 2.75. The SMILES string of the molecule is CN(c1ncnc2c1CCC2)C1CN(c2cc3c(nn2)CCCC3)C1. The number of aromatic nitrogens is 4. The maximum absolute atomic E-state index is 4.58. The lowest BCUT2D eigenvalue weighted by molar-refractivity contribution is 0.485. The predicted molar refractivity (Wildman–Crippen MR) is 97.1 cm³/mol. The van der Waals surface area contributed by atoms with Gasteiger partial charge in [0.1, 0.15) is 12.1 Å². The Morgan fingerprint density at radius 3 is 2.72 bits per heavy atom. The molecule has 2 aromatic rings. The van der Waals surface area contributed by atoms with Crippen LogP contribution in [0.5, 0.6) is 0 Å². The summed E-state index contributed by atoms with van der Waals surface area (Å²) < 4.78 is 0. The number of likely N-dealkylation sites (N-methyl/N-ethyl adjacent to an activating group) is 1. The summed E-state index contributed by atoms with van der Waals surface area (Å²) >= 11 is 0. The first-order valence-electron chi connectivity index (χ1n) is 9.45. The van der Waals surface area contributed by atoms with Crippen molar-refractivity contribution in [1.82, 2.24) is 20.2 Å². The van der Waals surface area contributed by atoms with Crippen LogP contribution in [-0.4, -0.2) is 46.3 Å². The monoisotopic (exact) mass is 336 g/mol. The fourth-order valence-corrected chi connectivity index (χ4v) is 4.34. The normalized spacial score (nSPS) is 19.3. The van der Waals surface area contributed by atoms with E-state index >= 15 is 0 Å². The van der Waals surface area contributed by atoms with E-state index in [0.29, 0.717) is 6.04 Å². The molecule has 6 nitrogen and oxygen atoms in total. The third kappa shape index (κ3) is 2.55. The minimum absolute atomic E-state index is 0.484. The van der Waals surface area contributed by atoms with Gasteiger partial charge in [0.05, 0.1) is 11.7 Å². The number of fused-ring (bicyclic) bond motifs is 2. The molecule has 6 heteroatoms. The maximum atomic E-state index is 4.58. The van der Waals surface area contributed by atoms with Crippen molar-refractivity contribution < 1.29 is 0 Å². The number of nitrogens with zero attached hydrogens (tertiary/aromatic N) is 6. The van der Waals surface area contributed by atoms with Gasteiger partial charge in [-0.1, -0.05) is 0 Å². The van der Waals surface area contributed by atoms with Crippen molar-refractivity contribution in [3.05, 3.63) is 34.9 Å². The highest BCUT2D eigenvalue weighted by Gasteiger charge is 2.34. The van der Waals surface area contributed by atoms with Crippen molar-refractivity contribution in [2.75, 3.05) is 29.9 Å². The predicted octanol–water partition coefficient (Wildman–Crippen LogP) is 1.96. The number of anilines is 2. The van der Waals surface area contributed by atoms with Gasteiger partial charge in [-0.05, 0) is 56.6 Å². The van der Waals surface area contributed by atoms with E-state index in [1.54, 1.807) is 6.33 Å². The Balaban J connectivity index is 1.30. The van der Waals surface area contributed by atoms with Gasteiger partial charge in [-0.25, -0.2) is 9.97 Å². The van der Waals surface area contributed by atoms with Crippen molar-refractivity contribution in [1.29, 1.82) is 0 Å². The minimum Gasteiger partial charge on any atom is -0.353 e. The number of hydrogen-bond acceptors (Lipinski definition) is 6. The summed E-state index contributed by atoms with van der Waals surface area (Å²) in [6.07, 6.45) is 9.92. The van der Waals surface area contributed by atoms with Gasteiger partial charge in [0.25, 0.3) is 0 Å². The molecule has 25 heavy (non-hydrogen) atoms. The van der Waals surface area contributed by atoms with Gasteiger partial charge in [-0.2, -0.15) is 5.10 Å². The van der Waals surface area contributed by atoms with Crippen LogP contribution in [0, 0.1) is 0 Å². The standard InChI is InChI=1S/C19H24N6/c1-24(19-15-6-4-8-17(15)20-12-21-19)14-10-25(11-14)18-9-13-5-2-3-7-16(13)22-23-18/h9,12,14H,2-8,10-11H2,1H3. The Labute approximate surface area is 148 Å². The van der Waals surface area contributed by atoms with Crippen LogP contribution >= 0.6 is 0 Å². The van der Waals surface area contributed by atoms with Gasteiger partial charge >= 0.3 is 0 Å². The zero-order chi connectivity index (χ0) is 16.8. The second-order valence-electron chi connectivity index (χ2n) is 7.53. The lowest BCUT2D eigenvalue weighted by Gasteiger charge is -2.45. The summed E-state index contributed by atoms with van der Waals surface area (Å²) in [7, 11) is 2.17. The maximum Gasteiger partial charge on any atom is 0.151 e. The molecule has 0 saturated carbocycles. The van der Waals surface area contributed by atoms with Gasteiger partial charge in [0, 0.05) is 31.4 Å². The van der Waals surface area contributed by atoms with Gasteiger partial charge < -0.3 is 9.80 Å². The van der Waals surface area contributed by atoms with E-state index < -0.39 is 0 Å². The average molecular weight is 336 g/mol. The molecule has 0 bridgehead atoms. The van der Waals surface area contributed by atoms with E-state index in [4.69, 9.17) is 0 Å². The number of rotatable bonds is 3. The molecule has 3 heterocycles. The fraction of sp³-hybridized carbons (Fsp3) is 0.579. The molecule has 2 aliphatic carbocycles. The first kappa shape index (κ1) is 15.0. The summed E-state index contributed by atoms with van der Waals surface area (Å²) in [4.78, 5) is 13.7. The molecule has 3 aliphatic rings. The Kier molecular flexibility index (Phi) is 3.57.